The van der Waals surface area contributed by atoms with E-state index >= 15 is 0 Å². The summed E-state index contributed by atoms with van der Waals surface area (Å²) in [7, 11) is 1.47. The molecule has 0 spiro atoms. The predicted octanol–water partition coefficient (Wildman–Crippen LogP) is 3.62. The Morgan fingerprint density at radius 3 is 2.19 bits per heavy atom. The highest BCUT2D eigenvalue weighted by molar-refractivity contribution is 7.93. The van der Waals surface area contributed by atoms with Gasteiger partial charge in [-0.15, -0.1) is 10.2 Å². The number of aromatic nitrogens is 4. The molecule has 0 unspecified atom stereocenters. The Balaban J connectivity index is 1.86. The van der Waals surface area contributed by atoms with Crippen molar-refractivity contribution < 1.29 is 27.4 Å². The average molecular weight is 590 g/mol. The van der Waals surface area contributed by atoms with Crippen LogP contribution in [0.1, 0.15) is 29.7 Å². The molecular formula is C28H27N7O6S. The van der Waals surface area contributed by atoms with Gasteiger partial charge in [-0.05, 0) is 42.8 Å². The minimum Gasteiger partial charge on any atom is -0.494 e. The highest BCUT2D eigenvalue weighted by atomic mass is 32.2. The molecule has 2 atom stereocenters. The first-order valence-electron chi connectivity index (χ1n) is 12.4. The average Bonchev–Trinajstić information content (AvgIpc) is 3.42. The minimum atomic E-state index is -4.26. The number of hydrogen-bond donors (Lipinski definition) is 1. The van der Waals surface area contributed by atoms with E-state index in [-0.39, 0.29) is 22.9 Å². The number of ether oxygens (including phenoxy) is 4. The molecule has 13 nitrogen and oxygen atoms in total. The summed E-state index contributed by atoms with van der Waals surface area (Å²) in [6.07, 6.45) is -1.07. The largest absolute Gasteiger partial charge is 0.494 e. The quantitative estimate of drug-likeness (QED) is 0.270. The number of para-hydroxylation sites is 1. The first-order chi connectivity index (χ1) is 20.2. The summed E-state index contributed by atoms with van der Waals surface area (Å²) in [5, 5.41) is 26.1. The van der Waals surface area contributed by atoms with Crippen LogP contribution in [0.4, 0.5) is 5.95 Å². The van der Waals surface area contributed by atoms with Crippen molar-refractivity contribution in [3.05, 3.63) is 71.3 Å². The zero-order chi connectivity index (χ0) is 30.4. The van der Waals surface area contributed by atoms with E-state index in [0.29, 0.717) is 34.3 Å². The minimum absolute atomic E-state index is 0.122. The summed E-state index contributed by atoms with van der Waals surface area (Å²) in [6.45, 7) is 1.44. The summed E-state index contributed by atoms with van der Waals surface area (Å²) < 4.78 is 53.6. The second kappa shape index (κ2) is 12.6. The van der Waals surface area contributed by atoms with Crippen molar-refractivity contribution in [1.29, 1.82) is 10.5 Å². The van der Waals surface area contributed by atoms with Gasteiger partial charge in [0.15, 0.2) is 5.82 Å². The van der Waals surface area contributed by atoms with Crippen molar-refractivity contribution in [2.45, 2.75) is 18.3 Å². The van der Waals surface area contributed by atoms with Gasteiger partial charge in [-0.1, -0.05) is 18.2 Å². The molecule has 2 aromatic carbocycles. The SMILES string of the molecule is COc1cccc(-c2nnc(NS(=O)(=O)[C@H](C)[C@@H](OC)c3ccc(C#N)cc3C#N)n2-c2c(OC)cccc2OC)n1. The second-order valence-corrected chi connectivity index (χ2v) is 10.8. The predicted molar refractivity (Wildman–Crippen MR) is 152 cm³/mol. The standard InChI is InChI=1S/C28H27N7O6S/c1-17(26(41-5)20-13-12-18(15-29)14-19(20)16-30)42(36,37)34-28-33-32-27(21-8-6-11-24(31-21)40-4)35(28)25-22(38-2)9-7-10-23(25)39-3/h6-14,17,26H,1-5H3,(H,33,34)/t17-,26-/m1/s1. The molecular weight excluding hydrogens is 562 g/mol. The van der Waals surface area contributed by atoms with Crippen LogP contribution in [0.15, 0.2) is 54.6 Å². The van der Waals surface area contributed by atoms with Crippen LogP contribution in [0.25, 0.3) is 17.2 Å². The summed E-state index contributed by atoms with van der Waals surface area (Å²) in [5.74, 6) is 0.989. The molecule has 1 N–H and O–H groups in total. The third-order valence-corrected chi connectivity index (χ3v) is 8.16. The maximum absolute atomic E-state index is 13.8. The summed E-state index contributed by atoms with van der Waals surface area (Å²) in [5.41, 5.74) is 1.34. The van der Waals surface area contributed by atoms with Gasteiger partial charge in [-0.3, -0.25) is 9.29 Å². The Kier molecular flexibility index (Phi) is 8.90. The third-order valence-electron chi connectivity index (χ3n) is 6.46. The summed E-state index contributed by atoms with van der Waals surface area (Å²) in [6, 6.07) is 18.5. The highest BCUT2D eigenvalue weighted by Gasteiger charge is 2.35. The Bertz CT molecular complexity index is 1770. The van der Waals surface area contributed by atoms with Crippen LogP contribution in [0.3, 0.4) is 0 Å². The number of anilines is 1. The lowest BCUT2D eigenvalue weighted by Gasteiger charge is -2.24. The highest BCUT2D eigenvalue weighted by Crippen LogP contribution is 2.38. The van der Waals surface area contributed by atoms with Crippen LogP contribution in [0.2, 0.25) is 0 Å². The molecule has 0 fully saturated rings. The van der Waals surface area contributed by atoms with E-state index < -0.39 is 21.4 Å². The molecule has 0 amide bonds. The number of nitrogens with one attached hydrogen (secondary N) is 1. The van der Waals surface area contributed by atoms with E-state index in [4.69, 9.17) is 18.9 Å². The van der Waals surface area contributed by atoms with Gasteiger partial charge >= 0.3 is 0 Å². The normalized spacial score (nSPS) is 12.5. The maximum Gasteiger partial charge on any atom is 0.243 e. The number of methoxy groups -OCH3 is 4. The van der Waals surface area contributed by atoms with Crippen molar-refractivity contribution in [3.63, 3.8) is 0 Å². The zero-order valence-electron chi connectivity index (χ0n) is 23.4. The molecule has 14 heteroatoms. The van der Waals surface area contributed by atoms with Crippen molar-refractivity contribution in [1.82, 2.24) is 19.7 Å². The van der Waals surface area contributed by atoms with Gasteiger partial charge in [0.25, 0.3) is 0 Å². The lowest BCUT2D eigenvalue weighted by molar-refractivity contribution is 0.102. The molecule has 0 radical (unpaired) electrons. The number of hydrogen-bond acceptors (Lipinski definition) is 11. The topological polar surface area (TPSA) is 174 Å². The number of nitrogens with zero attached hydrogens (tertiary/aromatic N) is 6. The Morgan fingerprint density at radius 2 is 1.60 bits per heavy atom. The zero-order valence-corrected chi connectivity index (χ0v) is 24.2. The van der Waals surface area contributed by atoms with E-state index in [2.05, 4.69) is 19.9 Å². The van der Waals surface area contributed by atoms with Gasteiger partial charge in [0, 0.05) is 13.2 Å². The van der Waals surface area contributed by atoms with Crippen molar-refractivity contribution >= 4 is 16.0 Å². The molecule has 4 aromatic rings. The van der Waals surface area contributed by atoms with Crippen LogP contribution < -0.4 is 18.9 Å². The van der Waals surface area contributed by atoms with Gasteiger partial charge in [0.05, 0.1) is 44.6 Å². The number of sulfonamides is 1. The lowest BCUT2D eigenvalue weighted by atomic mass is 9.99. The third kappa shape index (κ3) is 5.67. The molecule has 42 heavy (non-hydrogen) atoms. The maximum atomic E-state index is 13.8. The van der Waals surface area contributed by atoms with Gasteiger partial charge in [-0.25, -0.2) is 13.4 Å². The molecule has 2 heterocycles. The molecule has 216 valence electrons. The van der Waals surface area contributed by atoms with Gasteiger partial charge in [-0.2, -0.15) is 10.5 Å². The Hall–Kier alpha value is -5.18. The van der Waals surface area contributed by atoms with Crippen molar-refractivity contribution in [2.24, 2.45) is 0 Å². The van der Waals surface area contributed by atoms with Crippen molar-refractivity contribution in [3.8, 4) is 46.7 Å². The van der Waals surface area contributed by atoms with Gasteiger partial charge in [0.2, 0.25) is 21.9 Å². The first kappa shape index (κ1) is 29.8. The van der Waals surface area contributed by atoms with Crippen LogP contribution in [-0.2, 0) is 14.8 Å². The molecule has 0 bridgehead atoms. The molecule has 0 saturated carbocycles. The molecule has 0 aliphatic rings. The van der Waals surface area contributed by atoms with Crippen LogP contribution in [0.5, 0.6) is 17.4 Å². The summed E-state index contributed by atoms with van der Waals surface area (Å²) >= 11 is 0. The second-order valence-electron chi connectivity index (χ2n) is 8.79. The van der Waals surface area contributed by atoms with Gasteiger partial charge < -0.3 is 18.9 Å². The first-order valence-corrected chi connectivity index (χ1v) is 13.9. The van der Waals surface area contributed by atoms with E-state index in [0.717, 1.165) is 0 Å². The Morgan fingerprint density at radius 1 is 0.905 bits per heavy atom. The Labute approximate surface area is 242 Å². The van der Waals surface area contributed by atoms with Crippen LogP contribution in [-0.4, -0.2) is 61.9 Å². The van der Waals surface area contributed by atoms with Crippen LogP contribution in [0, 0.1) is 22.7 Å². The van der Waals surface area contributed by atoms with E-state index in [9.17, 15) is 18.9 Å². The van der Waals surface area contributed by atoms with Crippen molar-refractivity contribution in [2.75, 3.05) is 33.2 Å². The number of nitriles is 2. The van der Waals surface area contributed by atoms with E-state index in [1.807, 2.05) is 12.1 Å². The summed E-state index contributed by atoms with van der Waals surface area (Å²) in [4.78, 5) is 4.44. The molecule has 4 rings (SSSR count). The lowest BCUT2D eigenvalue weighted by Crippen LogP contribution is -2.33. The monoisotopic (exact) mass is 589 g/mol. The van der Waals surface area contributed by atoms with Crippen LogP contribution >= 0.6 is 0 Å². The molecule has 0 saturated heterocycles. The number of rotatable bonds is 11. The smallest absolute Gasteiger partial charge is 0.243 e. The molecule has 0 aliphatic heterocycles. The fourth-order valence-corrected chi connectivity index (χ4v) is 5.51. The molecule has 0 aliphatic carbocycles. The van der Waals surface area contributed by atoms with Gasteiger partial charge in [0.1, 0.15) is 34.2 Å². The number of benzene rings is 2. The number of pyridine rings is 1. The molecule has 2 aromatic heterocycles. The fourth-order valence-electron chi connectivity index (χ4n) is 4.36. The fraction of sp³-hybridized carbons (Fsp3) is 0.250. The van der Waals surface area contributed by atoms with E-state index in [1.165, 1.54) is 58.1 Å². The van der Waals surface area contributed by atoms with E-state index in [1.54, 1.807) is 36.4 Å².